The molecule has 1 atom stereocenters. The zero-order valence-electron chi connectivity index (χ0n) is 13.6. The zero-order chi connectivity index (χ0) is 15.7. The SMILES string of the molecule is COc1ccc(-n2c(C)cc(C3CCCC(=O)C3)c2C)cc1. The number of Topliss-reactive ketones (excluding diaryl/α,β-unsaturated/α-hetero) is 1. The Bertz CT molecular complexity index is 682. The van der Waals surface area contributed by atoms with Gasteiger partial charge in [0.2, 0.25) is 0 Å². The van der Waals surface area contributed by atoms with Crippen LogP contribution in [-0.4, -0.2) is 17.5 Å². The molecule has 1 aromatic heterocycles. The first-order valence-electron chi connectivity index (χ1n) is 7.95. The van der Waals surface area contributed by atoms with E-state index in [1.54, 1.807) is 7.11 Å². The Balaban J connectivity index is 1.97. The van der Waals surface area contributed by atoms with Crippen molar-refractivity contribution in [2.45, 2.75) is 45.4 Å². The van der Waals surface area contributed by atoms with E-state index in [4.69, 9.17) is 4.74 Å². The number of aromatic nitrogens is 1. The molecule has 0 saturated heterocycles. The second-order valence-corrected chi connectivity index (χ2v) is 6.19. The van der Waals surface area contributed by atoms with Crippen LogP contribution in [0.1, 0.15) is 48.6 Å². The monoisotopic (exact) mass is 297 g/mol. The van der Waals surface area contributed by atoms with Gasteiger partial charge in [-0.25, -0.2) is 0 Å². The predicted octanol–water partition coefficient (Wildman–Crippen LogP) is 4.33. The molecule has 3 heteroatoms. The van der Waals surface area contributed by atoms with E-state index in [0.29, 0.717) is 18.1 Å². The van der Waals surface area contributed by atoms with Gasteiger partial charge in [0.1, 0.15) is 11.5 Å². The summed E-state index contributed by atoms with van der Waals surface area (Å²) in [5, 5.41) is 0. The number of carbonyl (C=O) groups is 1. The highest BCUT2D eigenvalue weighted by Crippen LogP contribution is 2.35. The van der Waals surface area contributed by atoms with Crippen LogP contribution in [0.5, 0.6) is 5.75 Å². The summed E-state index contributed by atoms with van der Waals surface area (Å²) in [7, 11) is 1.68. The van der Waals surface area contributed by atoms with Crippen molar-refractivity contribution < 1.29 is 9.53 Å². The van der Waals surface area contributed by atoms with Crippen LogP contribution in [0.3, 0.4) is 0 Å². The van der Waals surface area contributed by atoms with Crippen molar-refractivity contribution in [1.29, 1.82) is 0 Å². The number of nitrogens with zero attached hydrogens (tertiary/aromatic N) is 1. The van der Waals surface area contributed by atoms with Gasteiger partial charge in [-0.15, -0.1) is 0 Å². The van der Waals surface area contributed by atoms with Gasteiger partial charge in [0.25, 0.3) is 0 Å². The Morgan fingerprint density at radius 2 is 1.91 bits per heavy atom. The molecule has 0 amide bonds. The number of aryl methyl sites for hydroxylation is 1. The van der Waals surface area contributed by atoms with E-state index in [-0.39, 0.29) is 0 Å². The largest absolute Gasteiger partial charge is 0.497 e. The molecule has 1 saturated carbocycles. The summed E-state index contributed by atoms with van der Waals surface area (Å²) in [5.74, 6) is 1.66. The standard InChI is InChI=1S/C19H23NO2/c1-13-11-19(15-5-4-6-17(21)12-15)14(2)20(13)16-7-9-18(22-3)10-8-16/h7-11,15H,4-6,12H2,1-3H3. The Morgan fingerprint density at radius 3 is 2.55 bits per heavy atom. The molecule has 0 spiro atoms. The Hall–Kier alpha value is -2.03. The minimum absolute atomic E-state index is 0.388. The van der Waals surface area contributed by atoms with Gasteiger partial charge >= 0.3 is 0 Å². The van der Waals surface area contributed by atoms with Gasteiger partial charge in [0, 0.05) is 29.9 Å². The lowest BCUT2D eigenvalue weighted by Crippen LogP contribution is -2.14. The maximum absolute atomic E-state index is 11.8. The van der Waals surface area contributed by atoms with Crippen LogP contribution in [0.15, 0.2) is 30.3 Å². The molecule has 1 aliphatic rings. The van der Waals surface area contributed by atoms with E-state index in [9.17, 15) is 4.79 Å². The number of benzene rings is 1. The fraction of sp³-hybridized carbons (Fsp3) is 0.421. The summed E-state index contributed by atoms with van der Waals surface area (Å²) in [6.07, 6.45) is 3.61. The number of hydrogen-bond acceptors (Lipinski definition) is 2. The molecular weight excluding hydrogens is 274 g/mol. The normalized spacial score (nSPS) is 18.5. The maximum Gasteiger partial charge on any atom is 0.133 e. The van der Waals surface area contributed by atoms with E-state index < -0.39 is 0 Å². The van der Waals surface area contributed by atoms with Gasteiger partial charge in [-0.05, 0) is 68.5 Å². The summed E-state index contributed by atoms with van der Waals surface area (Å²) in [6, 6.07) is 10.4. The third-order valence-electron chi connectivity index (χ3n) is 4.72. The molecule has 1 fully saturated rings. The smallest absolute Gasteiger partial charge is 0.133 e. The van der Waals surface area contributed by atoms with Gasteiger partial charge < -0.3 is 9.30 Å². The Kier molecular flexibility index (Phi) is 4.06. The fourth-order valence-corrected chi connectivity index (χ4v) is 3.62. The molecule has 1 aliphatic carbocycles. The molecule has 116 valence electrons. The number of carbonyl (C=O) groups excluding carboxylic acids is 1. The lowest BCUT2D eigenvalue weighted by atomic mass is 9.83. The Morgan fingerprint density at radius 1 is 1.18 bits per heavy atom. The van der Waals surface area contributed by atoms with Crippen LogP contribution in [0.25, 0.3) is 5.69 Å². The van der Waals surface area contributed by atoms with Gasteiger partial charge in [0.05, 0.1) is 7.11 Å². The molecule has 0 aliphatic heterocycles. The molecule has 0 radical (unpaired) electrons. The fourth-order valence-electron chi connectivity index (χ4n) is 3.62. The van der Waals surface area contributed by atoms with Crippen LogP contribution in [0.4, 0.5) is 0 Å². The van der Waals surface area contributed by atoms with Crippen molar-refractivity contribution >= 4 is 5.78 Å². The van der Waals surface area contributed by atoms with E-state index in [1.165, 1.54) is 17.0 Å². The zero-order valence-corrected chi connectivity index (χ0v) is 13.6. The molecule has 3 rings (SSSR count). The summed E-state index contributed by atoms with van der Waals surface area (Å²) in [6.45, 7) is 4.29. The van der Waals surface area contributed by atoms with E-state index >= 15 is 0 Å². The third-order valence-corrected chi connectivity index (χ3v) is 4.72. The quantitative estimate of drug-likeness (QED) is 0.844. The predicted molar refractivity (Wildman–Crippen MR) is 88.0 cm³/mol. The van der Waals surface area contributed by atoms with E-state index in [2.05, 4.69) is 36.6 Å². The highest BCUT2D eigenvalue weighted by molar-refractivity contribution is 5.80. The number of methoxy groups -OCH3 is 1. The molecule has 1 heterocycles. The first-order chi connectivity index (χ1) is 10.6. The average molecular weight is 297 g/mol. The van der Waals surface area contributed by atoms with E-state index in [0.717, 1.165) is 30.7 Å². The van der Waals surface area contributed by atoms with Crippen molar-refractivity contribution in [1.82, 2.24) is 4.57 Å². The summed E-state index contributed by atoms with van der Waals surface area (Å²) < 4.78 is 7.50. The number of ketones is 1. The second-order valence-electron chi connectivity index (χ2n) is 6.19. The molecule has 1 unspecified atom stereocenters. The highest BCUT2D eigenvalue weighted by Gasteiger charge is 2.24. The van der Waals surface area contributed by atoms with Gasteiger partial charge in [-0.3, -0.25) is 4.79 Å². The first-order valence-corrected chi connectivity index (χ1v) is 7.95. The van der Waals surface area contributed by atoms with Gasteiger partial charge in [-0.2, -0.15) is 0 Å². The number of ether oxygens (including phenoxy) is 1. The topological polar surface area (TPSA) is 31.2 Å². The van der Waals surface area contributed by atoms with Crippen molar-refractivity contribution in [3.05, 3.63) is 47.3 Å². The number of hydrogen-bond donors (Lipinski definition) is 0. The van der Waals surface area contributed by atoms with Crippen molar-refractivity contribution in [2.75, 3.05) is 7.11 Å². The number of rotatable bonds is 3. The molecule has 3 nitrogen and oxygen atoms in total. The third kappa shape index (κ3) is 2.68. The van der Waals surface area contributed by atoms with Crippen molar-refractivity contribution in [2.24, 2.45) is 0 Å². The highest BCUT2D eigenvalue weighted by atomic mass is 16.5. The van der Waals surface area contributed by atoms with Crippen LogP contribution >= 0.6 is 0 Å². The lowest BCUT2D eigenvalue weighted by molar-refractivity contribution is -0.120. The van der Waals surface area contributed by atoms with Crippen LogP contribution in [0.2, 0.25) is 0 Å². The van der Waals surface area contributed by atoms with Crippen molar-refractivity contribution in [3.63, 3.8) is 0 Å². The van der Waals surface area contributed by atoms with Crippen LogP contribution in [0, 0.1) is 13.8 Å². The second kappa shape index (κ2) is 5.99. The molecule has 1 aromatic carbocycles. The van der Waals surface area contributed by atoms with Gasteiger partial charge in [0.15, 0.2) is 0 Å². The average Bonchev–Trinajstić information content (AvgIpc) is 2.82. The molecule has 0 bridgehead atoms. The van der Waals surface area contributed by atoms with Crippen molar-refractivity contribution in [3.8, 4) is 11.4 Å². The van der Waals surface area contributed by atoms with Crippen LogP contribution < -0.4 is 4.74 Å². The Labute approximate surface area is 131 Å². The maximum atomic E-state index is 11.8. The summed E-state index contributed by atoms with van der Waals surface area (Å²) >= 11 is 0. The van der Waals surface area contributed by atoms with Gasteiger partial charge in [-0.1, -0.05) is 0 Å². The minimum atomic E-state index is 0.388. The minimum Gasteiger partial charge on any atom is -0.497 e. The van der Waals surface area contributed by atoms with Crippen LogP contribution in [-0.2, 0) is 4.79 Å². The lowest BCUT2D eigenvalue weighted by Gasteiger charge is -2.21. The molecule has 22 heavy (non-hydrogen) atoms. The molecule has 0 N–H and O–H groups in total. The molecular formula is C19H23NO2. The first kappa shape index (κ1) is 14.9. The summed E-state index contributed by atoms with van der Waals surface area (Å²) in [4.78, 5) is 11.8. The molecule has 2 aromatic rings. The van der Waals surface area contributed by atoms with E-state index in [1.807, 2.05) is 12.1 Å². The summed E-state index contributed by atoms with van der Waals surface area (Å²) in [5.41, 5.74) is 4.95.